The van der Waals surface area contributed by atoms with Gasteiger partial charge in [-0.1, -0.05) is 39.5 Å². The van der Waals surface area contributed by atoms with Crippen LogP contribution >= 0.6 is 0 Å². The van der Waals surface area contributed by atoms with Crippen LogP contribution in [0, 0.1) is 12.8 Å². The molecule has 77 valence electrons. The van der Waals surface area contributed by atoms with E-state index < -0.39 is 0 Å². The monoisotopic (exact) mass is 184 g/mol. The zero-order valence-corrected chi connectivity index (χ0v) is 9.18. The van der Waals surface area contributed by atoms with E-state index in [0.717, 1.165) is 19.3 Å². The fraction of sp³-hybridized carbons (Fsp3) is 0.818. The maximum Gasteiger partial charge on any atom is 0.224 e. The Hall–Kier alpha value is -0.530. The molecule has 1 unspecified atom stereocenters. The summed E-state index contributed by atoms with van der Waals surface area (Å²) in [6.45, 7) is 5.80. The first-order valence-corrected chi connectivity index (χ1v) is 5.10. The SMILES string of the molecule is [CH2]CCCCCC(C)C(=O)N(C)C. The van der Waals surface area contributed by atoms with Crippen molar-refractivity contribution in [1.29, 1.82) is 0 Å². The zero-order valence-electron chi connectivity index (χ0n) is 9.18. The first-order chi connectivity index (χ1) is 6.09. The van der Waals surface area contributed by atoms with Gasteiger partial charge in [0.15, 0.2) is 0 Å². The van der Waals surface area contributed by atoms with Crippen LogP contribution in [0.4, 0.5) is 0 Å². The summed E-state index contributed by atoms with van der Waals surface area (Å²) in [5, 5.41) is 0. The fourth-order valence-electron chi connectivity index (χ4n) is 1.37. The molecule has 0 aliphatic rings. The summed E-state index contributed by atoms with van der Waals surface area (Å²) in [7, 11) is 3.63. The van der Waals surface area contributed by atoms with Crippen LogP contribution in [0.1, 0.15) is 39.0 Å². The molecule has 0 aromatic heterocycles. The number of unbranched alkanes of at least 4 members (excludes halogenated alkanes) is 3. The molecule has 1 amide bonds. The van der Waals surface area contributed by atoms with Crippen LogP contribution in [-0.2, 0) is 4.79 Å². The highest BCUT2D eigenvalue weighted by Gasteiger charge is 2.13. The van der Waals surface area contributed by atoms with Crippen LogP contribution in [0.5, 0.6) is 0 Å². The highest BCUT2D eigenvalue weighted by atomic mass is 16.2. The van der Waals surface area contributed by atoms with Crippen molar-refractivity contribution >= 4 is 5.91 Å². The van der Waals surface area contributed by atoms with Gasteiger partial charge < -0.3 is 4.90 Å². The molecule has 1 radical (unpaired) electrons. The second kappa shape index (κ2) is 6.93. The van der Waals surface area contributed by atoms with Gasteiger partial charge >= 0.3 is 0 Å². The molecule has 0 spiro atoms. The van der Waals surface area contributed by atoms with Gasteiger partial charge in [0.25, 0.3) is 0 Å². The molecule has 0 aliphatic heterocycles. The van der Waals surface area contributed by atoms with E-state index in [9.17, 15) is 4.79 Å². The average molecular weight is 184 g/mol. The molecule has 2 heteroatoms. The van der Waals surface area contributed by atoms with Crippen LogP contribution in [0.25, 0.3) is 0 Å². The van der Waals surface area contributed by atoms with E-state index in [0.29, 0.717) is 0 Å². The third-order valence-corrected chi connectivity index (χ3v) is 2.25. The van der Waals surface area contributed by atoms with Crippen LogP contribution in [0.15, 0.2) is 0 Å². The Kier molecular flexibility index (Phi) is 6.65. The molecule has 0 aliphatic carbocycles. The lowest BCUT2D eigenvalue weighted by molar-refractivity contribution is -0.132. The predicted molar refractivity (Wildman–Crippen MR) is 56.3 cm³/mol. The van der Waals surface area contributed by atoms with Crippen molar-refractivity contribution in [3.63, 3.8) is 0 Å². The van der Waals surface area contributed by atoms with Gasteiger partial charge in [-0.05, 0) is 6.42 Å². The highest BCUT2D eigenvalue weighted by molar-refractivity contribution is 5.77. The Morgan fingerprint density at radius 1 is 1.31 bits per heavy atom. The van der Waals surface area contributed by atoms with Crippen molar-refractivity contribution in [1.82, 2.24) is 4.90 Å². The smallest absolute Gasteiger partial charge is 0.224 e. The van der Waals surface area contributed by atoms with E-state index in [1.165, 1.54) is 12.8 Å². The molecule has 0 N–H and O–H groups in total. The standard InChI is InChI=1S/C11H22NO/c1-5-6-7-8-9-10(2)11(13)12(3)4/h10H,1,5-9H2,2-4H3. The third kappa shape index (κ3) is 5.67. The fourth-order valence-corrected chi connectivity index (χ4v) is 1.37. The number of hydrogen-bond acceptors (Lipinski definition) is 1. The number of hydrogen-bond donors (Lipinski definition) is 0. The number of nitrogens with zero attached hydrogens (tertiary/aromatic N) is 1. The van der Waals surface area contributed by atoms with Crippen LogP contribution in [0.3, 0.4) is 0 Å². The average Bonchev–Trinajstić information content (AvgIpc) is 2.10. The quantitative estimate of drug-likeness (QED) is 0.581. The van der Waals surface area contributed by atoms with Gasteiger partial charge in [-0.3, -0.25) is 4.79 Å². The third-order valence-electron chi connectivity index (χ3n) is 2.25. The Morgan fingerprint density at radius 2 is 1.92 bits per heavy atom. The first-order valence-electron chi connectivity index (χ1n) is 5.10. The van der Waals surface area contributed by atoms with Crippen LogP contribution < -0.4 is 0 Å². The molecule has 0 heterocycles. The molecule has 0 saturated heterocycles. The van der Waals surface area contributed by atoms with Crippen molar-refractivity contribution in [2.24, 2.45) is 5.92 Å². The molecule has 0 fully saturated rings. The number of carbonyl (C=O) groups is 1. The van der Waals surface area contributed by atoms with E-state index >= 15 is 0 Å². The van der Waals surface area contributed by atoms with Gasteiger partial charge in [-0.15, -0.1) is 0 Å². The maximum absolute atomic E-state index is 11.4. The minimum absolute atomic E-state index is 0.180. The highest BCUT2D eigenvalue weighted by Crippen LogP contribution is 2.11. The molecule has 0 aromatic carbocycles. The second-order valence-corrected chi connectivity index (χ2v) is 3.84. The Morgan fingerprint density at radius 3 is 2.38 bits per heavy atom. The van der Waals surface area contributed by atoms with Crippen molar-refractivity contribution in [3.05, 3.63) is 6.92 Å². The second-order valence-electron chi connectivity index (χ2n) is 3.84. The van der Waals surface area contributed by atoms with E-state index in [1.54, 1.807) is 4.90 Å². The number of carbonyl (C=O) groups excluding carboxylic acids is 1. The van der Waals surface area contributed by atoms with E-state index in [1.807, 2.05) is 21.0 Å². The van der Waals surface area contributed by atoms with E-state index in [-0.39, 0.29) is 11.8 Å². The Balaban J connectivity index is 3.50. The minimum atomic E-state index is 0.180. The van der Waals surface area contributed by atoms with Crippen molar-refractivity contribution < 1.29 is 4.79 Å². The zero-order chi connectivity index (χ0) is 10.3. The van der Waals surface area contributed by atoms with Crippen molar-refractivity contribution in [2.45, 2.75) is 39.0 Å². The van der Waals surface area contributed by atoms with Gasteiger partial charge in [0.05, 0.1) is 0 Å². The molecular weight excluding hydrogens is 162 g/mol. The number of amides is 1. The summed E-state index contributed by atoms with van der Waals surface area (Å²) in [5.74, 6) is 0.425. The Labute approximate surface area is 82.3 Å². The number of rotatable bonds is 6. The molecule has 2 nitrogen and oxygen atoms in total. The van der Waals surface area contributed by atoms with Gasteiger partial charge in [0, 0.05) is 20.0 Å². The normalized spacial score (nSPS) is 12.6. The van der Waals surface area contributed by atoms with Crippen LogP contribution in [0.2, 0.25) is 0 Å². The lowest BCUT2D eigenvalue weighted by atomic mass is 10.0. The molecule has 1 atom stereocenters. The maximum atomic E-state index is 11.4. The molecule has 13 heavy (non-hydrogen) atoms. The summed E-state index contributed by atoms with van der Waals surface area (Å²) in [6, 6.07) is 0. The van der Waals surface area contributed by atoms with E-state index in [4.69, 9.17) is 0 Å². The molecule has 0 bridgehead atoms. The topological polar surface area (TPSA) is 20.3 Å². The van der Waals surface area contributed by atoms with Crippen LogP contribution in [-0.4, -0.2) is 24.9 Å². The summed E-state index contributed by atoms with van der Waals surface area (Å²) >= 11 is 0. The molecule has 0 aromatic rings. The van der Waals surface area contributed by atoms with Crippen molar-refractivity contribution in [2.75, 3.05) is 14.1 Å². The predicted octanol–water partition coefficient (Wildman–Crippen LogP) is 2.50. The van der Waals surface area contributed by atoms with Gasteiger partial charge in [-0.2, -0.15) is 0 Å². The van der Waals surface area contributed by atoms with Gasteiger partial charge in [-0.25, -0.2) is 0 Å². The van der Waals surface area contributed by atoms with E-state index in [2.05, 4.69) is 6.92 Å². The summed E-state index contributed by atoms with van der Waals surface area (Å²) in [4.78, 5) is 13.1. The summed E-state index contributed by atoms with van der Waals surface area (Å²) in [6.07, 6.45) is 5.56. The summed E-state index contributed by atoms with van der Waals surface area (Å²) in [5.41, 5.74) is 0. The first kappa shape index (κ1) is 12.5. The van der Waals surface area contributed by atoms with Gasteiger partial charge in [0.2, 0.25) is 5.91 Å². The minimum Gasteiger partial charge on any atom is -0.349 e. The summed E-state index contributed by atoms with van der Waals surface area (Å²) < 4.78 is 0. The van der Waals surface area contributed by atoms with Gasteiger partial charge in [0.1, 0.15) is 0 Å². The molecule has 0 saturated carbocycles. The Bertz CT molecular complexity index is 143. The lowest BCUT2D eigenvalue weighted by Crippen LogP contribution is -2.27. The molecule has 0 rings (SSSR count). The van der Waals surface area contributed by atoms with Crippen molar-refractivity contribution in [3.8, 4) is 0 Å². The largest absolute Gasteiger partial charge is 0.349 e. The lowest BCUT2D eigenvalue weighted by Gasteiger charge is -2.16. The molecular formula is C11H22NO.